The molecule has 1 amide bonds. The van der Waals surface area contributed by atoms with E-state index in [1.165, 1.54) is 6.07 Å². The van der Waals surface area contributed by atoms with E-state index >= 15 is 0 Å². The van der Waals surface area contributed by atoms with Gasteiger partial charge in [-0.05, 0) is 38.0 Å². The molecule has 2 N–H and O–H groups in total. The quantitative estimate of drug-likeness (QED) is 0.872. The van der Waals surface area contributed by atoms with Crippen molar-refractivity contribution in [3.05, 3.63) is 29.3 Å². The van der Waals surface area contributed by atoms with Crippen LogP contribution in [0.25, 0.3) is 0 Å². The summed E-state index contributed by atoms with van der Waals surface area (Å²) in [5.74, 6) is -0.233. The number of hydrogen-bond acceptors (Lipinski definition) is 2. The van der Waals surface area contributed by atoms with Crippen LogP contribution in [0.15, 0.2) is 18.2 Å². The molecule has 0 aliphatic rings. The van der Waals surface area contributed by atoms with Crippen molar-refractivity contribution in [2.75, 3.05) is 11.9 Å². The van der Waals surface area contributed by atoms with E-state index in [1.54, 1.807) is 13.8 Å². The highest BCUT2D eigenvalue weighted by molar-refractivity contribution is 5.84. The minimum Gasteiger partial charge on any atom is -0.374 e. The minimum atomic E-state index is -4.39. The van der Waals surface area contributed by atoms with Crippen molar-refractivity contribution in [3.63, 3.8) is 0 Å². The van der Waals surface area contributed by atoms with Crippen molar-refractivity contribution in [2.45, 2.75) is 39.4 Å². The standard InChI is InChI=1S/C14H19F3N2O/c1-4-7-18-13(20)10(3)19-12-8-11(14(15,16)17)6-5-9(12)2/h5-6,8,10,19H,4,7H2,1-3H3,(H,18,20). The van der Waals surface area contributed by atoms with Gasteiger partial charge in [-0.15, -0.1) is 0 Å². The zero-order chi connectivity index (χ0) is 15.3. The first-order chi connectivity index (χ1) is 9.25. The van der Waals surface area contributed by atoms with Gasteiger partial charge in [0.2, 0.25) is 5.91 Å². The second-order valence-corrected chi connectivity index (χ2v) is 4.68. The molecule has 0 saturated heterocycles. The van der Waals surface area contributed by atoms with Gasteiger partial charge in [-0.2, -0.15) is 13.2 Å². The van der Waals surface area contributed by atoms with Crippen molar-refractivity contribution in [3.8, 4) is 0 Å². The SMILES string of the molecule is CCCNC(=O)C(C)Nc1cc(C(F)(F)F)ccc1C. The Morgan fingerprint density at radius 1 is 1.35 bits per heavy atom. The topological polar surface area (TPSA) is 41.1 Å². The summed E-state index contributed by atoms with van der Waals surface area (Å²) >= 11 is 0. The molecule has 0 bridgehead atoms. The molecule has 1 unspecified atom stereocenters. The summed E-state index contributed by atoms with van der Waals surface area (Å²) < 4.78 is 38.0. The molecule has 112 valence electrons. The van der Waals surface area contributed by atoms with Gasteiger partial charge in [0.15, 0.2) is 0 Å². The number of aryl methyl sites for hydroxylation is 1. The average molecular weight is 288 g/mol. The van der Waals surface area contributed by atoms with Crippen LogP contribution in [0, 0.1) is 6.92 Å². The number of amides is 1. The number of halogens is 3. The summed E-state index contributed by atoms with van der Waals surface area (Å²) in [6.07, 6.45) is -3.58. The van der Waals surface area contributed by atoms with Gasteiger partial charge >= 0.3 is 6.18 Å². The van der Waals surface area contributed by atoms with Gasteiger partial charge in [0.1, 0.15) is 6.04 Å². The maximum absolute atomic E-state index is 12.7. The molecule has 1 rings (SSSR count). The lowest BCUT2D eigenvalue weighted by Gasteiger charge is -2.18. The largest absolute Gasteiger partial charge is 0.416 e. The van der Waals surface area contributed by atoms with Crippen LogP contribution >= 0.6 is 0 Å². The van der Waals surface area contributed by atoms with Crippen LogP contribution in [0.5, 0.6) is 0 Å². The monoisotopic (exact) mass is 288 g/mol. The van der Waals surface area contributed by atoms with Crippen LogP contribution in [-0.2, 0) is 11.0 Å². The number of benzene rings is 1. The molecule has 0 heterocycles. The molecule has 6 heteroatoms. The Labute approximate surface area is 116 Å². The summed E-state index contributed by atoms with van der Waals surface area (Å²) in [7, 11) is 0. The Bertz CT molecular complexity index is 472. The molecule has 1 atom stereocenters. The normalized spacial score (nSPS) is 12.9. The molecular weight excluding hydrogens is 269 g/mol. The highest BCUT2D eigenvalue weighted by atomic mass is 19.4. The smallest absolute Gasteiger partial charge is 0.374 e. The van der Waals surface area contributed by atoms with Gasteiger partial charge in [0.05, 0.1) is 5.56 Å². The van der Waals surface area contributed by atoms with E-state index in [2.05, 4.69) is 10.6 Å². The molecule has 20 heavy (non-hydrogen) atoms. The van der Waals surface area contributed by atoms with Crippen molar-refractivity contribution in [2.24, 2.45) is 0 Å². The van der Waals surface area contributed by atoms with E-state index in [0.717, 1.165) is 18.6 Å². The van der Waals surface area contributed by atoms with Gasteiger partial charge < -0.3 is 10.6 Å². The fourth-order valence-corrected chi connectivity index (χ4v) is 1.65. The zero-order valence-electron chi connectivity index (χ0n) is 11.8. The number of nitrogens with one attached hydrogen (secondary N) is 2. The molecular formula is C14H19F3N2O. The molecule has 1 aromatic rings. The van der Waals surface area contributed by atoms with E-state index in [1.807, 2.05) is 6.92 Å². The number of carbonyl (C=O) groups excluding carboxylic acids is 1. The first kappa shape index (κ1) is 16.3. The van der Waals surface area contributed by atoms with Crippen LogP contribution in [-0.4, -0.2) is 18.5 Å². The lowest BCUT2D eigenvalue weighted by Crippen LogP contribution is -2.38. The van der Waals surface area contributed by atoms with Crippen LogP contribution in [0.3, 0.4) is 0 Å². The summed E-state index contributed by atoms with van der Waals surface area (Å²) in [6, 6.07) is 2.85. The third-order valence-corrected chi connectivity index (χ3v) is 2.88. The zero-order valence-corrected chi connectivity index (χ0v) is 11.8. The van der Waals surface area contributed by atoms with Gasteiger partial charge in [-0.1, -0.05) is 13.0 Å². The van der Waals surface area contributed by atoms with Gasteiger partial charge in [-0.3, -0.25) is 4.79 Å². The molecule has 0 fully saturated rings. The fourth-order valence-electron chi connectivity index (χ4n) is 1.65. The van der Waals surface area contributed by atoms with Gasteiger partial charge in [0, 0.05) is 12.2 Å². The number of rotatable bonds is 5. The molecule has 0 saturated carbocycles. The second-order valence-electron chi connectivity index (χ2n) is 4.68. The van der Waals surface area contributed by atoms with Crippen molar-refractivity contribution in [1.29, 1.82) is 0 Å². The third kappa shape index (κ3) is 4.43. The maximum Gasteiger partial charge on any atom is 0.416 e. The number of carbonyl (C=O) groups is 1. The first-order valence-electron chi connectivity index (χ1n) is 6.47. The van der Waals surface area contributed by atoms with E-state index < -0.39 is 17.8 Å². The lowest BCUT2D eigenvalue weighted by molar-refractivity contribution is -0.137. The second kappa shape index (κ2) is 6.63. The molecule has 0 radical (unpaired) electrons. The Morgan fingerprint density at radius 3 is 2.55 bits per heavy atom. The van der Waals surface area contributed by atoms with Crippen molar-refractivity contribution < 1.29 is 18.0 Å². The Hall–Kier alpha value is -1.72. The van der Waals surface area contributed by atoms with Crippen LogP contribution in [0.1, 0.15) is 31.4 Å². The number of alkyl halides is 3. The predicted octanol–water partition coefficient (Wildman–Crippen LogP) is 3.34. The number of hydrogen-bond donors (Lipinski definition) is 2. The predicted molar refractivity (Wildman–Crippen MR) is 72.6 cm³/mol. The molecule has 0 aliphatic carbocycles. The molecule has 0 aromatic heterocycles. The van der Waals surface area contributed by atoms with Crippen LogP contribution in [0.2, 0.25) is 0 Å². The highest BCUT2D eigenvalue weighted by Gasteiger charge is 2.31. The highest BCUT2D eigenvalue weighted by Crippen LogP contribution is 2.32. The maximum atomic E-state index is 12.7. The van der Waals surface area contributed by atoms with Crippen LogP contribution in [0.4, 0.5) is 18.9 Å². The van der Waals surface area contributed by atoms with Gasteiger partial charge in [-0.25, -0.2) is 0 Å². The van der Waals surface area contributed by atoms with Crippen molar-refractivity contribution >= 4 is 11.6 Å². The molecule has 0 aliphatic heterocycles. The Balaban J connectivity index is 2.83. The summed E-state index contributed by atoms with van der Waals surface area (Å²) in [5, 5.41) is 5.51. The van der Waals surface area contributed by atoms with E-state index in [-0.39, 0.29) is 5.91 Å². The molecule has 1 aromatic carbocycles. The van der Waals surface area contributed by atoms with E-state index in [4.69, 9.17) is 0 Å². The van der Waals surface area contributed by atoms with Gasteiger partial charge in [0.25, 0.3) is 0 Å². The lowest BCUT2D eigenvalue weighted by atomic mass is 10.1. The molecule has 0 spiro atoms. The molecule has 3 nitrogen and oxygen atoms in total. The van der Waals surface area contributed by atoms with E-state index in [0.29, 0.717) is 17.8 Å². The number of anilines is 1. The summed E-state index contributed by atoms with van der Waals surface area (Å²) in [5.41, 5.74) is 0.249. The van der Waals surface area contributed by atoms with E-state index in [9.17, 15) is 18.0 Å². The Kier molecular flexibility index (Phi) is 5.42. The van der Waals surface area contributed by atoms with Crippen molar-refractivity contribution in [1.82, 2.24) is 5.32 Å². The Morgan fingerprint density at radius 2 is 2.00 bits per heavy atom. The van der Waals surface area contributed by atoms with Crippen LogP contribution < -0.4 is 10.6 Å². The summed E-state index contributed by atoms with van der Waals surface area (Å²) in [6.45, 7) is 5.78. The fraction of sp³-hybridized carbons (Fsp3) is 0.500. The average Bonchev–Trinajstić information content (AvgIpc) is 2.37. The summed E-state index contributed by atoms with van der Waals surface area (Å²) in [4.78, 5) is 11.7. The first-order valence-corrected chi connectivity index (χ1v) is 6.47. The third-order valence-electron chi connectivity index (χ3n) is 2.88. The minimum absolute atomic E-state index is 0.233.